The highest BCUT2D eigenvalue weighted by atomic mass is 28.4. The number of hydrogen-bond donors (Lipinski definition) is 0. The maximum atomic E-state index is 5.71. The van der Waals surface area contributed by atoms with Gasteiger partial charge in [-0.3, -0.25) is 0 Å². The lowest BCUT2D eigenvalue weighted by Crippen LogP contribution is -2.24. The monoisotopic (exact) mass is 261 g/mol. The van der Waals surface area contributed by atoms with Gasteiger partial charge in [-0.15, -0.1) is 0 Å². The highest BCUT2D eigenvalue weighted by Crippen LogP contribution is 2.15. The molecule has 1 rings (SSSR count). The van der Waals surface area contributed by atoms with Crippen LogP contribution in [-0.4, -0.2) is 14.5 Å². The average molecular weight is 261 g/mol. The van der Waals surface area contributed by atoms with Crippen LogP contribution >= 0.6 is 0 Å². The van der Waals surface area contributed by atoms with Crippen molar-refractivity contribution in [2.24, 2.45) is 4.99 Å². The van der Waals surface area contributed by atoms with E-state index in [4.69, 9.17) is 4.43 Å². The maximum Gasteiger partial charge on any atom is 0.244 e. The molecule has 0 aromatic heterocycles. The molecule has 0 unspecified atom stereocenters. The van der Waals surface area contributed by atoms with Gasteiger partial charge in [0.1, 0.15) is 0 Å². The predicted molar refractivity (Wildman–Crippen MR) is 81.8 cm³/mol. The van der Waals surface area contributed by atoms with Crippen molar-refractivity contribution in [3.63, 3.8) is 0 Å². The fourth-order valence-corrected chi connectivity index (χ4v) is 2.67. The van der Waals surface area contributed by atoms with Gasteiger partial charge in [0, 0.05) is 6.21 Å². The van der Waals surface area contributed by atoms with Crippen LogP contribution < -0.4 is 0 Å². The van der Waals surface area contributed by atoms with Crippen molar-refractivity contribution in [3.05, 3.63) is 46.8 Å². The highest BCUT2D eigenvalue weighted by Gasteiger charge is 2.16. The number of rotatable bonds is 4. The molecule has 0 saturated carbocycles. The molecule has 0 saturated heterocycles. The van der Waals surface area contributed by atoms with Crippen LogP contribution in [0.25, 0.3) is 0 Å². The standard InChI is InChI=1S/C15H23NOSi/c1-11-8-12(2)15(13(3)9-11)10-16-14(4)17-18(5,6)7/h8-10H,4H2,1-3,5-7H3. The van der Waals surface area contributed by atoms with Gasteiger partial charge in [-0.2, -0.15) is 0 Å². The minimum atomic E-state index is -1.61. The van der Waals surface area contributed by atoms with Gasteiger partial charge in [-0.1, -0.05) is 17.7 Å². The van der Waals surface area contributed by atoms with Crippen LogP contribution in [0.4, 0.5) is 0 Å². The van der Waals surface area contributed by atoms with Crippen LogP contribution in [0.1, 0.15) is 22.3 Å². The summed E-state index contributed by atoms with van der Waals surface area (Å²) in [7, 11) is -1.61. The summed E-state index contributed by atoms with van der Waals surface area (Å²) in [6, 6.07) is 4.33. The van der Waals surface area contributed by atoms with Gasteiger partial charge in [-0.05, 0) is 63.7 Å². The summed E-state index contributed by atoms with van der Waals surface area (Å²) in [5.74, 6) is 0.508. The van der Waals surface area contributed by atoms with Crippen molar-refractivity contribution in [2.45, 2.75) is 40.4 Å². The molecule has 98 valence electrons. The zero-order chi connectivity index (χ0) is 13.9. The molecule has 0 aliphatic carbocycles. The molecule has 0 aliphatic heterocycles. The summed E-state index contributed by atoms with van der Waals surface area (Å²) in [6.45, 7) is 16.5. The Labute approximate surface area is 112 Å². The first kappa shape index (κ1) is 14.7. The fourth-order valence-electron chi connectivity index (χ4n) is 1.91. The lowest BCUT2D eigenvalue weighted by molar-refractivity contribution is 0.421. The van der Waals surface area contributed by atoms with Gasteiger partial charge >= 0.3 is 0 Å². The van der Waals surface area contributed by atoms with E-state index in [1.807, 2.05) is 6.21 Å². The third-order valence-electron chi connectivity index (χ3n) is 2.50. The van der Waals surface area contributed by atoms with Crippen LogP contribution in [0.5, 0.6) is 0 Å². The topological polar surface area (TPSA) is 21.6 Å². The summed E-state index contributed by atoms with van der Waals surface area (Å²) in [4.78, 5) is 4.32. The molecule has 0 aliphatic rings. The van der Waals surface area contributed by atoms with E-state index in [0.717, 1.165) is 5.56 Å². The number of nitrogens with zero attached hydrogens (tertiary/aromatic N) is 1. The second-order valence-electron chi connectivity index (χ2n) is 5.68. The van der Waals surface area contributed by atoms with Gasteiger partial charge in [0.25, 0.3) is 0 Å². The molecular formula is C15H23NOSi. The molecular weight excluding hydrogens is 238 g/mol. The summed E-state index contributed by atoms with van der Waals surface area (Å²) in [5, 5.41) is 0. The Morgan fingerprint density at radius 2 is 1.67 bits per heavy atom. The molecule has 3 heteroatoms. The SMILES string of the molecule is C=C(N=Cc1c(C)cc(C)cc1C)O[Si](C)(C)C. The molecule has 0 atom stereocenters. The van der Waals surface area contributed by atoms with Crippen LogP contribution in [-0.2, 0) is 4.43 Å². The fraction of sp³-hybridized carbons (Fsp3) is 0.400. The molecule has 0 fully saturated rings. The zero-order valence-corrected chi connectivity index (χ0v) is 13.3. The van der Waals surface area contributed by atoms with Crippen molar-refractivity contribution >= 4 is 14.5 Å². The first-order valence-electron chi connectivity index (χ1n) is 6.19. The van der Waals surface area contributed by atoms with Gasteiger partial charge in [0.05, 0.1) is 0 Å². The van der Waals surface area contributed by atoms with E-state index in [1.54, 1.807) is 0 Å². The third-order valence-corrected chi connectivity index (χ3v) is 3.35. The zero-order valence-electron chi connectivity index (χ0n) is 12.3. The van der Waals surface area contributed by atoms with E-state index >= 15 is 0 Å². The molecule has 0 N–H and O–H groups in total. The second kappa shape index (κ2) is 5.53. The Morgan fingerprint density at radius 1 is 1.17 bits per heavy atom. The van der Waals surface area contributed by atoms with E-state index in [2.05, 4.69) is 64.1 Å². The number of hydrogen-bond acceptors (Lipinski definition) is 2. The predicted octanol–water partition coefficient (Wildman–Crippen LogP) is 4.35. The largest absolute Gasteiger partial charge is 0.532 e. The van der Waals surface area contributed by atoms with E-state index in [9.17, 15) is 0 Å². The number of aliphatic imine (C=N–C) groups is 1. The normalized spacial score (nSPS) is 11.9. The van der Waals surface area contributed by atoms with Crippen molar-refractivity contribution in [1.82, 2.24) is 0 Å². The first-order valence-corrected chi connectivity index (χ1v) is 9.60. The Kier molecular flexibility index (Phi) is 4.51. The second-order valence-corrected chi connectivity index (χ2v) is 10.1. The Bertz CT molecular complexity index is 461. The van der Waals surface area contributed by atoms with E-state index < -0.39 is 8.32 Å². The maximum absolute atomic E-state index is 5.71. The molecule has 0 radical (unpaired) electrons. The molecule has 0 spiro atoms. The van der Waals surface area contributed by atoms with Crippen LogP contribution in [0.15, 0.2) is 29.6 Å². The molecule has 18 heavy (non-hydrogen) atoms. The van der Waals surface area contributed by atoms with Gasteiger partial charge < -0.3 is 4.43 Å². The first-order chi connectivity index (χ1) is 8.19. The van der Waals surface area contributed by atoms with Gasteiger partial charge in [0.15, 0.2) is 5.88 Å². The summed E-state index contributed by atoms with van der Waals surface area (Å²) in [6.07, 6.45) is 1.85. The molecule has 0 bridgehead atoms. The molecule has 0 amide bonds. The highest BCUT2D eigenvalue weighted by molar-refractivity contribution is 6.70. The summed E-state index contributed by atoms with van der Waals surface area (Å²) < 4.78 is 5.71. The quantitative estimate of drug-likeness (QED) is 0.448. The average Bonchev–Trinajstić information content (AvgIpc) is 2.12. The van der Waals surface area contributed by atoms with Crippen molar-refractivity contribution in [2.75, 3.05) is 0 Å². The number of benzene rings is 1. The van der Waals surface area contributed by atoms with E-state index in [0.29, 0.717) is 5.88 Å². The molecule has 0 heterocycles. The minimum absolute atomic E-state index is 0.508. The summed E-state index contributed by atoms with van der Waals surface area (Å²) in [5.41, 5.74) is 4.90. The van der Waals surface area contributed by atoms with Crippen molar-refractivity contribution < 1.29 is 4.43 Å². The smallest absolute Gasteiger partial charge is 0.244 e. The van der Waals surface area contributed by atoms with Gasteiger partial charge in [-0.25, -0.2) is 4.99 Å². The minimum Gasteiger partial charge on any atom is -0.532 e. The Hall–Kier alpha value is -1.35. The van der Waals surface area contributed by atoms with E-state index in [-0.39, 0.29) is 0 Å². The van der Waals surface area contributed by atoms with Crippen LogP contribution in [0, 0.1) is 20.8 Å². The lowest BCUT2D eigenvalue weighted by Gasteiger charge is -2.18. The molecule has 1 aromatic rings. The lowest BCUT2D eigenvalue weighted by atomic mass is 10.0. The van der Waals surface area contributed by atoms with Crippen molar-refractivity contribution in [3.8, 4) is 0 Å². The van der Waals surface area contributed by atoms with Crippen molar-refractivity contribution in [1.29, 1.82) is 0 Å². The summed E-state index contributed by atoms with van der Waals surface area (Å²) >= 11 is 0. The van der Waals surface area contributed by atoms with E-state index in [1.165, 1.54) is 16.7 Å². The Balaban J connectivity index is 2.89. The molecule has 1 aromatic carbocycles. The van der Waals surface area contributed by atoms with Crippen LogP contribution in [0.3, 0.4) is 0 Å². The van der Waals surface area contributed by atoms with Gasteiger partial charge in [0.2, 0.25) is 8.32 Å². The third kappa shape index (κ3) is 4.49. The number of aryl methyl sites for hydroxylation is 3. The Morgan fingerprint density at radius 3 is 2.11 bits per heavy atom. The molecule has 2 nitrogen and oxygen atoms in total. The van der Waals surface area contributed by atoms with Crippen LogP contribution in [0.2, 0.25) is 19.6 Å².